The average molecular weight is 579 g/mol. The maximum Gasteiger partial charge on any atom is 0.295 e. The van der Waals surface area contributed by atoms with Crippen molar-refractivity contribution in [1.29, 1.82) is 0 Å². The fourth-order valence-corrected chi connectivity index (χ4v) is 5.76. The highest BCUT2D eigenvalue weighted by Gasteiger charge is 2.44. The number of fused-ring (bicyclic) bond motifs is 1. The molecule has 8 heteroatoms. The summed E-state index contributed by atoms with van der Waals surface area (Å²) in [5.41, 5.74) is 1.96. The second-order valence-corrected chi connectivity index (χ2v) is 11.7. The molecule has 0 saturated carbocycles. The molecule has 0 aliphatic carbocycles. The zero-order valence-electron chi connectivity index (χ0n) is 26.0. The average Bonchev–Trinajstić information content (AvgIpc) is 3.46. The van der Waals surface area contributed by atoms with Crippen LogP contribution in [0.25, 0.3) is 5.76 Å². The van der Waals surface area contributed by atoms with E-state index in [2.05, 4.69) is 27.7 Å². The minimum absolute atomic E-state index is 0.0157. The molecular formula is C34H46N2O6. The molecule has 0 radical (unpaired) electrons. The summed E-state index contributed by atoms with van der Waals surface area (Å²) in [6, 6.07) is 9.94. The number of hydrogen-bond donors (Lipinski definition) is 1. The summed E-state index contributed by atoms with van der Waals surface area (Å²) in [7, 11) is 0. The number of carbonyl (C=O) groups excluding carboxylic acids is 2. The summed E-state index contributed by atoms with van der Waals surface area (Å²) >= 11 is 0. The van der Waals surface area contributed by atoms with E-state index in [-0.39, 0.29) is 11.7 Å². The van der Waals surface area contributed by atoms with Crippen molar-refractivity contribution in [2.24, 2.45) is 5.92 Å². The van der Waals surface area contributed by atoms with Crippen LogP contribution >= 0.6 is 0 Å². The number of carbonyl (C=O) groups is 2. The van der Waals surface area contributed by atoms with E-state index < -0.39 is 23.5 Å². The molecule has 2 atom stereocenters. The smallest absolute Gasteiger partial charge is 0.295 e. The molecule has 2 aromatic rings. The van der Waals surface area contributed by atoms with Gasteiger partial charge in [0.05, 0.1) is 38.9 Å². The fourth-order valence-electron chi connectivity index (χ4n) is 5.76. The van der Waals surface area contributed by atoms with Gasteiger partial charge in [-0.15, -0.1) is 0 Å². The number of likely N-dealkylation sites (tertiary alicyclic amines) is 1. The number of ketones is 1. The minimum Gasteiger partial charge on any atom is -0.872 e. The van der Waals surface area contributed by atoms with Crippen molar-refractivity contribution < 1.29 is 33.8 Å². The van der Waals surface area contributed by atoms with Crippen LogP contribution in [0.15, 0.2) is 42.0 Å². The Labute approximate surface area is 250 Å². The van der Waals surface area contributed by atoms with E-state index in [1.54, 1.807) is 23.1 Å². The Hall–Kier alpha value is -3.52. The van der Waals surface area contributed by atoms with Crippen LogP contribution in [0.4, 0.5) is 0 Å². The summed E-state index contributed by atoms with van der Waals surface area (Å²) in [4.78, 5) is 30.0. The van der Waals surface area contributed by atoms with Crippen molar-refractivity contribution in [2.45, 2.75) is 73.0 Å². The number of ether oxygens (including phenoxy) is 3. The Morgan fingerprint density at radius 2 is 1.83 bits per heavy atom. The predicted molar refractivity (Wildman–Crippen MR) is 161 cm³/mol. The molecule has 1 amide bonds. The molecule has 8 nitrogen and oxygen atoms in total. The standard InChI is InChI=1S/C34H46N2O6/c1-7-35(8-2)16-10-17-36-31(24-11-14-28(29(21-24)40-9-3)41-18-15-22(4)5)30(33(38)34(36)39)32(37)25-12-13-27-26(20-25)19-23(6)42-27/h11-14,20-23,31,37H,7-10,15-19H2,1-6H3. The van der Waals surface area contributed by atoms with Crippen LogP contribution in [0.5, 0.6) is 17.2 Å². The van der Waals surface area contributed by atoms with Crippen molar-refractivity contribution in [1.82, 2.24) is 4.90 Å². The third-order valence-electron chi connectivity index (χ3n) is 8.15. The monoisotopic (exact) mass is 578 g/mol. The Kier molecular flexibility index (Phi) is 10.5. The lowest BCUT2D eigenvalue weighted by Gasteiger charge is -2.28. The number of benzene rings is 2. The topological polar surface area (TPSA) is 92.6 Å². The van der Waals surface area contributed by atoms with Crippen molar-refractivity contribution >= 4 is 17.4 Å². The molecule has 0 bridgehead atoms. The molecule has 2 unspecified atom stereocenters. The lowest BCUT2D eigenvalue weighted by Crippen LogP contribution is -3.11. The van der Waals surface area contributed by atoms with E-state index in [0.29, 0.717) is 54.7 Å². The van der Waals surface area contributed by atoms with Gasteiger partial charge in [0.25, 0.3) is 5.91 Å². The SMILES string of the molecule is CCOc1cc(C2C(=C([O-])c3ccc4c(c3)CC(C)O4)C(=O)C(=O)N2CCC[NH+](CC)CC)ccc1OCCC(C)C. The van der Waals surface area contributed by atoms with Crippen molar-refractivity contribution in [3.05, 3.63) is 58.7 Å². The molecule has 2 aliphatic rings. The fraction of sp³-hybridized carbons (Fsp3) is 0.529. The first-order valence-corrected chi connectivity index (χ1v) is 15.5. The van der Waals surface area contributed by atoms with Crippen LogP contribution in [0.3, 0.4) is 0 Å². The molecule has 1 fully saturated rings. The zero-order chi connectivity index (χ0) is 30.4. The summed E-state index contributed by atoms with van der Waals surface area (Å²) < 4.78 is 17.8. The summed E-state index contributed by atoms with van der Waals surface area (Å²) in [6.07, 6.45) is 2.34. The lowest BCUT2D eigenvalue weighted by molar-refractivity contribution is -0.896. The summed E-state index contributed by atoms with van der Waals surface area (Å²) in [6.45, 7) is 16.6. The number of hydrogen-bond acceptors (Lipinski definition) is 6. The minimum atomic E-state index is -0.809. The normalized spacial score (nSPS) is 19.5. The van der Waals surface area contributed by atoms with E-state index in [9.17, 15) is 14.7 Å². The van der Waals surface area contributed by atoms with Gasteiger partial charge in [0, 0.05) is 25.0 Å². The number of amides is 1. The van der Waals surface area contributed by atoms with Crippen LogP contribution in [-0.4, -0.2) is 62.1 Å². The van der Waals surface area contributed by atoms with Crippen molar-refractivity contribution in [3.8, 4) is 17.2 Å². The van der Waals surface area contributed by atoms with E-state index in [4.69, 9.17) is 14.2 Å². The molecule has 1 saturated heterocycles. The Morgan fingerprint density at radius 1 is 1.07 bits per heavy atom. The molecule has 0 spiro atoms. The molecule has 2 aromatic carbocycles. The van der Waals surface area contributed by atoms with E-state index in [0.717, 1.165) is 43.8 Å². The molecule has 4 rings (SSSR count). The maximum absolute atomic E-state index is 14.0. The highest BCUT2D eigenvalue weighted by atomic mass is 16.5. The van der Waals surface area contributed by atoms with Gasteiger partial charge in [-0.05, 0) is 81.0 Å². The largest absolute Gasteiger partial charge is 0.872 e. The van der Waals surface area contributed by atoms with Gasteiger partial charge >= 0.3 is 0 Å². The van der Waals surface area contributed by atoms with Gasteiger partial charge in [-0.25, -0.2) is 0 Å². The predicted octanol–water partition coefficient (Wildman–Crippen LogP) is 3.37. The van der Waals surface area contributed by atoms with Gasteiger partial charge in [-0.2, -0.15) is 0 Å². The molecule has 2 heterocycles. The molecule has 0 aromatic heterocycles. The van der Waals surface area contributed by atoms with Gasteiger partial charge in [0.1, 0.15) is 11.9 Å². The number of nitrogens with zero attached hydrogens (tertiary/aromatic N) is 1. The van der Waals surface area contributed by atoms with Crippen LogP contribution in [0.1, 0.15) is 77.1 Å². The number of rotatable bonds is 14. The zero-order valence-corrected chi connectivity index (χ0v) is 26.0. The van der Waals surface area contributed by atoms with Crippen LogP contribution in [0, 0.1) is 5.92 Å². The van der Waals surface area contributed by atoms with Gasteiger partial charge in [0.2, 0.25) is 5.78 Å². The maximum atomic E-state index is 14.0. The summed E-state index contributed by atoms with van der Waals surface area (Å²) in [5, 5.41) is 14.0. The first-order chi connectivity index (χ1) is 20.2. The highest BCUT2D eigenvalue weighted by Crippen LogP contribution is 2.42. The third-order valence-corrected chi connectivity index (χ3v) is 8.15. The van der Waals surface area contributed by atoms with E-state index in [1.807, 2.05) is 32.0 Å². The Balaban J connectivity index is 1.75. The number of Topliss-reactive ketones (excluding diaryl/α,β-unsaturated/α-hetero) is 1. The molecule has 1 N–H and O–H groups in total. The van der Waals surface area contributed by atoms with Crippen LogP contribution in [0.2, 0.25) is 0 Å². The third kappa shape index (κ3) is 6.92. The first kappa shape index (κ1) is 31.4. The number of quaternary nitrogens is 1. The number of nitrogens with one attached hydrogen (secondary N) is 1. The molecule has 42 heavy (non-hydrogen) atoms. The van der Waals surface area contributed by atoms with Crippen molar-refractivity contribution in [3.63, 3.8) is 0 Å². The van der Waals surface area contributed by atoms with E-state index in [1.165, 1.54) is 4.90 Å². The quantitative estimate of drug-likeness (QED) is 0.210. The molecular weight excluding hydrogens is 532 g/mol. The second-order valence-electron chi connectivity index (χ2n) is 11.7. The lowest BCUT2D eigenvalue weighted by atomic mass is 9.94. The summed E-state index contributed by atoms with van der Waals surface area (Å²) in [5.74, 6) is 0.603. The van der Waals surface area contributed by atoms with Crippen molar-refractivity contribution in [2.75, 3.05) is 39.4 Å². The van der Waals surface area contributed by atoms with Gasteiger partial charge in [0.15, 0.2) is 11.5 Å². The second kappa shape index (κ2) is 14.1. The Bertz CT molecular complexity index is 1300. The highest BCUT2D eigenvalue weighted by molar-refractivity contribution is 6.46. The van der Waals surface area contributed by atoms with Gasteiger partial charge in [-0.3, -0.25) is 9.59 Å². The van der Waals surface area contributed by atoms with Gasteiger partial charge < -0.3 is 29.1 Å². The van der Waals surface area contributed by atoms with Gasteiger partial charge in [-0.1, -0.05) is 31.7 Å². The van der Waals surface area contributed by atoms with Crippen LogP contribution < -0.4 is 24.2 Å². The Morgan fingerprint density at radius 3 is 2.52 bits per heavy atom. The first-order valence-electron chi connectivity index (χ1n) is 15.5. The molecule has 228 valence electrons. The van der Waals surface area contributed by atoms with E-state index >= 15 is 0 Å². The molecule has 2 aliphatic heterocycles. The van der Waals surface area contributed by atoms with Crippen LogP contribution in [-0.2, 0) is 16.0 Å².